The molecule has 0 spiro atoms. The van der Waals surface area contributed by atoms with Crippen molar-refractivity contribution in [1.29, 1.82) is 0 Å². The van der Waals surface area contributed by atoms with E-state index in [0.717, 1.165) is 37.8 Å². The van der Waals surface area contributed by atoms with Crippen LogP contribution >= 0.6 is 11.3 Å². The number of aromatic nitrogens is 1. The first-order chi connectivity index (χ1) is 13.5. The van der Waals surface area contributed by atoms with E-state index < -0.39 is 25.7 Å². The Hall–Kier alpha value is -1.94. The minimum absolute atomic E-state index is 0.314. The van der Waals surface area contributed by atoms with Gasteiger partial charge in [-0.3, -0.25) is 4.79 Å². The number of nitrogens with zero attached hydrogens (tertiary/aromatic N) is 1. The lowest BCUT2D eigenvalue weighted by Crippen LogP contribution is -2.39. The number of carbonyl (C=O) groups is 1. The van der Waals surface area contributed by atoms with Gasteiger partial charge in [-0.1, -0.05) is 37.8 Å². The Morgan fingerprint density at radius 1 is 1.21 bits per heavy atom. The number of anilines is 1. The molecule has 1 aliphatic rings. The zero-order valence-corrected chi connectivity index (χ0v) is 17.3. The Morgan fingerprint density at radius 2 is 1.83 bits per heavy atom. The number of rotatable bonds is 6. The molecule has 29 heavy (non-hydrogen) atoms. The fourth-order valence-electron chi connectivity index (χ4n) is 3.79. The van der Waals surface area contributed by atoms with Gasteiger partial charge in [-0.05, 0) is 37.0 Å². The molecule has 1 aromatic carbocycles. The van der Waals surface area contributed by atoms with Gasteiger partial charge in [0.1, 0.15) is 0 Å². The third-order valence-corrected chi connectivity index (χ3v) is 7.62. The largest absolute Gasteiger partial charge is 0.501 e. The molecule has 1 saturated carbocycles. The smallest absolute Gasteiger partial charge is 0.301 e. The zero-order valence-electron chi connectivity index (χ0n) is 15.7. The van der Waals surface area contributed by atoms with Crippen LogP contribution in [0.2, 0.25) is 0 Å². The molecule has 1 heterocycles. The van der Waals surface area contributed by atoms with Crippen LogP contribution < -0.4 is 5.32 Å². The van der Waals surface area contributed by atoms with Crippen LogP contribution in [0.5, 0.6) is 0 Å². The molecule has 0 bridgehead atoms. The second-order valence-electron chi connectivity index (χ2n) is 7.45. The van der Waals surface area contributed by atoms with E-state index in [4.69, 9.17) is 0 Å². The molecule has 0 radical (unpaired) electrons. The quantitative estimate of drug-likeness (QED) is 0.684. The van der Waals surface area contributed by atoms with E-state index in [9.17, 15) is 26.4 Å². The van der Waals surface area contributed by atoms with E-state index in [1.165, 1.54) is 23.5 Å². The van der Waals surface area contributed by atoms with Gasteiger partial charge in [-0.15, -0.1) is 11.3 Å². The highest BCUT2D eigenvalue weighted by Gasteiger charge is 2.47. The number of alkyl halides is 3. The minimum atomic E-state index is -5.43. The van der Waals surface area contributed by atoms with E-state index >= 15 is 0 Å². The molecule has 2 aromatic rings. The van der Waals surface area contributed by atoms with Crippen molar-refractivity contribution in [2.75, 3.05) is 5.32 Å². The number of benzene rings is 1. The molecule has 5 nitrogen and oxygen atoms in total. The maximum Gasteiger partial charge on any atom is 0.501 e. The van der Waals surface area contributed by atoms with Crippen molar-refractivity contribution in [3.05, 3.63) is 41.4 Å². The van der Waals surface area contributed by atoms with E-state index in [1.807, 2.05) is 0 Å². The van der Waals surface area contributed by atoms with E-state index in [1.54, 1.807) is 18.5 Å². The third-order valence-electron chi connectivity index (χ3n) is 5.43. The number of nitrogens with one attached hydrogen (secondary N) is 1. The number of carbonyl (C=O) groups excluding carboxylic acids is 1. The van der Waals surface area contributed by atoms with Crippen LogP contribution in [0, 0.1) is 5.92 Å². The summed E-state index contributed by atoms with van der Waals surface area (Å²) in [4.78, 5) is 16.3. The molecule has 1 unspecified atom stereocenters. The SMILES string of the molecule is CC(CC1CCCC1)(C(=O)Nc1nccs1)c1ccc(S(=O)(=O)C(F)(F)F)cc1. The molecule has 1 N–H and O–H groups in total. The summed E-state index contributed by atoms with van der Waals surface area (Å²) in [5.41, 5.74) is -5.93. The van der Waals surface area contributed by atoms with Crippen molar-refractivity contribution in [2.24, 2.45) is 5.92 Å². The molecule has 0 saturated heterocycles. The maximum absolute atomic E-state index is 13.1. The molecule has 3 rings (SSSR count). The topological polar surface area (TPSA) is 76.1 Å². The van der Waals surface area contributed by atoms with Crippen molar-refractivity contribution < 1.29 is 26.4 Å². The van der Waals surface area contributed by atoms with Gasteiger partial charge in [0, 0.05) is 11.6 Å². The number of amides is 1. The molecule has 0 aliphatic heterocycles. The van der Waals surface area contributed by atoms with Gasteiger partial charge in [0.15, 0.2) is 5.13 Å². The summed E-state index contributed by atoms with van der Waals surface area (Å²) in [7, 11) is -5.43. The Morgan fingerprint density at radius 3 is 2.34 bits per heavy atom. The van der Waals surface area contributed by atoms with Gasteiger partial charge in [0.2, 0.25) is 5.91 Å². The van der Waals surface area contributed by atoms with Crippen LogP contribution in [0.1, 0.15) is 44.6 Å². The minimum Gasteiger partial charge on any atom is -0.301 e. The lowest BCUT2D eigenvalue weighted by Gasteiger charge is -2.31. The lowest BCUT2D eigenvalue weighted by atomic mass is 9.74. The van der Waals surface area contributed by atoms with Gasteiger partial charge in [-0.2, -0.15) is 13.2 Å². The van der Waals surface area contributed by atoms with Crippen LogP contribution in [-0.2, 0) is 20.0 Å². The molecule has 1 atom stereocenters. The van der Waals surface area contributed by atoms with Crippen LogP contribution in [0.15, 0.2) is 40.7 Å². The van der Waals surface area contributed by atoms with Crippen molar-refractivity contribution in [3.63, 3.8) is 0 Å². The molecule has 1 aromatic heterocycles. The zero-order chi connectivity index (χ0) is 21.3. The Bertz CT molecular complexity index is 952. The van der Waals surface area contributed by atoms with E-state index in [0.29, 0.717) is 23.0 Å². The second kappa shape index (κ2) is 8.06. The fourth-order valence-corrected chi connectivity index (χ4v) is 5.07. The monoisotopic (exact) mass is 446 g/mol. The van der Waals surface area contributed by atoms with Gasteiger partial charge >= 0.3 is 5.51 Å². The van der Waals surface area contributed by atoms with Crippen molar-refractivity contribution in [3.8, 4) is 0 Å². The van der Waals surface area contributed by atoms with Crippen LogP contribution in [0.4, 0.5) is 18.3 Å². The normalized spacial score (nSPS) is 17.8. The highest BCUT2D eigenvalue weighted by atomic mass is 32.2. The first kappa shape index (κ1) is 21.8. The summed E-state index contributed by atoms with van der Waals surface area (Å²) < 4.78 is 61.7. The first-order valence-electron chi connectivity index (χ1n) is 9.17. The summed E-state index contributed by atoms with van der Waals surface area (Å²) in [6, 6.07) is 4.44. The van der Waals surface area contributed by atoms with Gasteiger partial charge in [0.25, 0.3) is 9.84 Å². The van der Waals surface area contributed by atoms with Crippen LogP contribution in [-0.4, -0.2) is 24.8 Å². The molecule has 158 valence electrons. The summed E-state index contributed by atoms with van der Waals surface area (Å²) >= 11 is 1.27. The number of halogens is 3. The van der Waals surface area contributed by atoms with Gasteiger partial charge < -0.3 is 5.32 Å². The Kier molecular flexibility index (Phi) is 6.05. The molecular formula is C19H21F3N2O3S2. The summed E-state index contributed by atoms with van der Waals surface area (Å²) in [6.07, 6.45) is 6.22. The number of sulfone groups is 1. The number of hydrogen-bond donors (Lipinski definition) is 1. The van der Waals surface area contributed by atoms with Gasteiger partial charge in [-0.25, -0.2) is 13.4 Å². The van der Waals surface area contributed by atoms with Crippen LogP contribution in [0.3, 0.4) is 0 Å². The highest BCUT2D eigenvalue weighted by Crippen LogP contribution is 2.40. The molecule has 1 amide bonds. The average Bonchev–Trinajstić information content (AvgIpc) is 3.35. The predicted molar refractivity (Wildman–Crippen MR) is 104 cm³/mol. The molecule has 1 aliphatic carbocycles. The lowest BCUT2D eigenvalue weighted by molar-refractivity contribution is -0.121. The van der Waals surface area contributed by atoms with Crippen molar-refractivity contribution in [1.82, 2.24) is 4.98 Å². The Labute approximate surface area is 171 Å². The molecular weight excluding hydrogens is 425 g/mol. The predicted octanol–water partition coefficient (Wildman–Crippen LogP) is 4.91. The van der Waals surface area contributed by atoms with Crippen molar-refractivity contribution >= 4 is 32.2 Å². The van der Waals surface area contributed by atoms with Gasteiger partial charge in [0.05, 0.1) is 10.3 Å². The Balaban J connectivity index is 1.94. The van der Waals surface area contributed by atoms with Crippen molar-refractivity contribution in [2.45, 2.75) is 54.8 Å². The first-order valence-corrected chi connectivity index (χ1v) is 11.5. The van der Waals surface area contributed by atoms with E-state index in [2.05, 4.69) is 10.3 Å². The fraction of sp³-hybridized carbons (Fsp3) is 0.474. The maximum atomic E-state index is 13.1. The third kappa shape index (κ3) is 4.48. The summed E-state index contributed by atoms with van der Waals surface area (Å²) in [5, 5.41) is 4.93. The second-order valence-corrected chi connectivity index (χ2v) is 10.3. The standard InChI is InChI=1S/C19H21F3N2O3S2/c1-18(12-13-4-2-3-5-13,16(25)24-17-23-10-11-28-17)14-6-8-15(9-7-14)29(26,27)19(20,21)22/h6-11,13H,2-5,12H2,1H3,(H,23,24,25). The number of hydrogen-bond acceptors (Lipinski definition) is 5. The average molecular weight is 447 g/mol. The molecule has 1 fully saturated rings. The summed E-state index contributed by atoms with van der Waals surface area (Å²) in [6.45, 7) is 1.74. The highest BCUT2D eigenvalue weighted by molar-refractivity contribution is 7.92. The van der Waals surface area contributed by atoms with E-state index in [-0.39, 0.29) is 5.91 Å². The number of thiazole rings is 1. The molecule has 10 heteroatoms. The van der Waals surface area contributed by atoms with Crippen LogP contribution in [0.25, 0.3) is 0 Å². The summed E-state index contributed by atoms with van der Waals surface area (Å²) in [5.74, 6) is 0.00593.